The maximum atomic E-state index is 10.0. The van der Waals surface area contributed by atoms with Crippen molar-refractivity contribution < 1.29 is 10.2 Å². The molecule has 0 saturated carbocycles. The van der Waals surface area contributed by atoms with E-state index in [1.165, 1.54) is 19.3 Å². The first kappa shape index (κ1) is 17.9. The van der Waals surface area contributed by atoms with Gasteiger partial charge in [0.2, 0.25) is 0 Å². The lowest BCUT2D eigenvalue weighted by atomic mass is 9.89. The van der Waals surface area contributed by atoms with Gasteiger partial charge in [-0.15, -0.1) is 0 Å². The van der Waals surface area contributed by atoms with E-state index in [2.05, 4.69) is 25.8 Å². The van der Waals surface area contributed by atoms with E-state index in [-0.39, 0.29) is 12.2 Å². The third kappa shape index (κ3) is 6.11. The van der Waals surface area contributed by atoms with Crippen LogP contribution < -0.4 is 0 Å². The van der Waals surface area contributed by atoms with Gasteiger partial charge in [-0.2, -0.15) is 0 Å². The highest BCUT2D eigenvalue weighted by molar-refractivity contribution is 4.84. The number of nitrogens with zero attached hydrogens (tertiary/aromatic N) is 1. The van der Waals surface area contributed by atoms with Gasteiger partial charge in [0.25, 0.3) is 0 Å². The van der Waals surface area contributed by atoms with Crippen molar-refractivity contribution in [3.63, 3.8) is 0 Å². The van der Waals surface area contributed by atoms with E-state index in [1.807, 2.05) is 0 Å². The summed E-state index contributed by atoms with van der Waals surface area (Å²) in [5, 5.41) is 19.9. The predicted octanol–water partition coefficient (Wildman–Crippen LogP) is 3.33. The second-order valence-electron chi connectivity index (χ2n) is 6.60. The molecule has 2 unspecified atom stereocenters. The molecule has 0 bridgehead atoms. The Bertz CT molecular complexity index is 247. The van der Waals surface area contributed by atoms with Crippen molar-refractivity contribution in [2.45, 2.75) is 102 Å². The molecule has 1 aliphatic rings. The van der Waals surface area contributed by atoms with Crippen LogP contribution in [0.2, 0.25) is 0 Å². The zero-order chi connectivity index (χ0) is 15.0. The van der Waals surface area contributed by atoms with Crippen molar-refractivity contribution in [2.75, 3.05) is 7.05 Å². The molecule has 1 aliphatic heterocycles. The molecule has 1 rings (SSSR count). The fraction of sp³-hybridized carbons (Fsp3) is 1.00. The number of aliphatic hydroxyl groups excluding tert-OH is 2. The Kier molecular flexibility index (Phi) is 8.74. The number of likely N-dealkylation sites (tertiary alicyclic amines) is 1. The van der Waals surface area contributed by atoms with Crippen LogP contribution in [0.25, 0.3) is 0 Å². The van der Waals surface area contributed by atoms with Gasteiger partial charge in [0.15, 0.2) is 0 Å². The molecule has 0 amide bonds. The molecule has 1 saturated heterocycles. The summed E-state index contributed by atoms with van der Waals surface area (Å²) >= 11 is 0. The quantitative estimate of drug-likeness (QED) is 0.683. The monoisotopic (exact) mass is 285 g/mol. The normalized spacial score (nSPS) is 27.4. The summed E-state index contributed by atoms with van der Waals surface area (Å²) in [6.07, 6.45) is 10.4. The topological polar surface area (TPSA) is 43.7 Å². The fourth-order valence-corrected chi connectivity index (χ4v) is 3.55. The minimum Gasteiger partial charge on any atom is -0.393 e. The zero-order valence-electron chi connectivity index (χ0n) is 13.7. The number of hydrogen-bond acceptors (Lipinski definition) is 3. The molecule has 3 nitrogen and oxygen atoms in total. The standard InChI is InChI=1S/C17H35NO2/c1-4-7-16(19)12-11-14-9-6-10-15(18(14)3)13-17(20)8-5-2/h14-17,19-20H,4-13H2,1-3H3/t14-,15+,16?,17?/m1/s1. The van der Waals surface area contributed by atoms with Gasteiger partial charge in [-0.25, -0.2) is 0 Å². The second kappa shape index (κ2) is 9.75. The highest BCUT2D eigenvalue weighted by atomic mass is 16.3. The van der Waals surface area contributed by atoms with Crippen LogP contribution in [0, 0.1) is 0 Å². The van der Waals surface area contributed by atoms with E-state index in [1.54, 1.807) is 0 Å². The minimum absolute atomic E-state index is 0.126. The minimum atomic E-state index is -0.142. The number of rotatable bonds is 9. The van der Waals surface area contributed by atoms with Crippen LogP contribution in [-0.4, -0.2) is 46.5 Å². The van der Waals surface area contributed by atoms with E-state index in [9.17, 15) is 10.2 Å². The highest BCUT2D eigenvalue weighted by Crippen LogP contribution is 2.28. The average Bonchev–Trinajstić information content (AvgIpc) is 2.40. The van der Waals surface area contributed by atoms with Crippen molar-refractivity contribution >= 4 is 0 Å². The van der Waals surface area contributed by atoms with Crippen molar-refractivity contribution in [2.24, 2.45) is 0 Å². The van der Waals surface area contributed by atoms with Gasteiger partial charge >= 0.3 is 0 Å². The lowest BCUT2D eigenvalue weighted by Gasteiger charge is -2.41. The number of hydrogen-bond donors (Lipinski definition) is 2. The summed E-state index contributed by atoms with van der Waals surface area (Å²) in [7, 11) is 2.21. The van der Waals surface area contributed by atoms with E-state index in [4.69, 9.17) is 0 Å². The molecule has 1 heterocycles. The first-order valence-corrected chi connectivity index (χ1v) is 8.66. The Morgan fingerprint density at radius 3 is 2.20 bits per heavy atom. The third-order valence-electron chi connectivity index (χ3n) is 4.85. The molecule has 0 aromatic heterocycles. The summed E-state index contributed by atoms with van der Waals surface area (Å²) in [6.45, 7) is 4.26. The van der Waals surface area contributed by atoms with Crippen LogP contribution in [0.4, 0.5) is 0 Å². The molecule has 0 aliphatic carbocycles. The third-order valence-corrected chi connectivity index (χ3v) is 4.85. The van der Waals surface area contributed by atoms with Crippen molar-refractivity contribution in [1.82, 2.24) is 4.90 Å². The van der Waals surface area contributed by atoms with Crippen molar-refractivity contribution in [3.8, 4) is 0 Å². The number of aliphatic hydroxyl groups is 2. The molecule has 0 radical (unpaired) electrons. The van der Waals surface area contributed by atoms with Crippen molar-refractivity contribution in [3.05, 3.63) is 0 Å². The van der Waals surface area contributed by atoms with Gasteiger partial charge in [-0.3, -0.25) is 0 Å². The molecular formula is C17H35NO2. The van der Waals surface area contributed by atoms with Crippen LogP contribution >= 0.6 is 0 Å². The number of piperidine rings is 1. The lowest BCUT2D eigenvalue weighted by Crippen LogP contribution is -2.45. The molecule has 2 N–H and O–H groups in total. The van der Waals surface area contributed by atoms with Gasteiger partial charge in [0.05, 0.1) is 12.2 Å². The molecule has 0 aromatic carbocycles. The zero-order valence-corrected chi connectivity index (χ0v) is 13.7. The molecule has 4 atom stereocenters. The van der Waals surface area contributed by atoms with Gasteiger partial charge in [-0.05, 0) is 52.0 Å². The molecule has 0 aromatic rings. The first-order chi connectivity index (χ1) is 9.58. The Labute approximate surface area is 125 Å². The Balaban J connectivity index is 2.37. The second-order valence-corrected chi connectivity index (χ2v) is 6.60. The van der Waals surface area contributed by atoms with Gasteiger partial charge in [0.1, 0.15) is 0 Å². The molecule has 0 spiro atoms. The average molecular weight is 285 g/mol. The van der Waals surface area contributed by atoms with E-state index < -0.39 is 0 Å². The summed E-state index contributed by atoms with van der Waals surface area (Å²) in [4.78, 5) is 2.47. The highest BCUT2D eigenvalue weighted by Gasteiger charge is 2.28. The summed E-state index contributed by atoms with van der Waals surface area (Å²) < 4.78 is 0. The molecular weight excluding hydrogens is 250 g/mol. The van der Waals surface area contributed by atoms with Gasteiger partial charge < -0.3 is 15.1 Å². The summed E-state index contributed by atoms with van der Waals surface area (Å²) in [5.74, 6) is 0. The maximum absolute atomic E-state index is 10.0. The molecule has 120 valence electrons. The van der Waals surface area contributed by atoms with Crippen LogP contribution in [0.1, 0.15) is 78.1 Å². The summed E-state index contributed by atoms with van der Waals surface area (Å²) in [5.41, 5.74) is 0. The molecule has 20 heavy (non-hydrogen) atoms. The Hall–Kier alpha value is -0.120. The van der Waals surface area contributed by atoms with Gasteiger partial charge in [0, 0.05) is 12.1 Å². The maximum Gasteiger partial charge on any atom is 0.0555 e. The van der Waals surface area contributed by atoms with E-state index >= 15 is 0 Å². The Morgan fingerprint density at radius 2 is 1.55 bits per heavy atom. The lowest BCUT2D eigenvalue weighted by molar-refractivity contribution is 0.0472. The first-order valence-electron chi connectivity index (χ1n) is 8.66. The van der Waals surface area contributed by atoms with Gasteiger partial charge in [-0.1, -0.05) is 33.1 Å². The van der Waals surface area contributed by atoms with Crippen LogP contribution in [0.5, 0.6) is 0 Å². The van der Waals surface area contributed by atoms with E-state index in [0.717, 1.165) is 44.9 Å². The van der Waals surface area contributed by atoms with E-state index in [0.29, 0.717) is 12.1 Å². The van der Waals surface area contributed by atoms with Crippen LogP contribution in [-0.2, 0) is 0 Å². The van der Waals surface area contributed by atoms with Crippen LogP contribution in [0.15, 0.2) is 0 Å². The largest absolute Gasteiger partial charge is 0.393 e. The Morgan fingerprint density at radius 1 is 0.950 bits per heavy atom. The van der Waals surface area contributed by atoms with Crippen molar-refractivity contribution in [1.29, 1.82) is 0 Å². The molecule has 1 fully saturated rings. The molecule has 3 heteroatoms. The van der Waals surface area contributed by atoms with Crippen LogP contribution in [0.3, 0.4) is 0 Å². The smallest absolute Gasteiger partial charge is 0.0555 e. The SMILES string of the molecule is CCCC(O)CC[C@H]1CCC[C@@H](CC(O)CCC)N1C. The summed E-state index contributed by atoms with van der Waals surface area (Å²) in [6, 6.07) is 1.12. The predicted molar refractivity (Wildman–Crippen MR) is 84.9 cm³/mol. The fourth-order valence-electron chi connectivity index (χ4n) is 3.55.